The number of esters is 1. The lowest BCUT2D eigenvalue weighted by Crippen LogP contribution is -2.54. The third kappa shape index (κ3) is 4.98. The second-order valence-electron chi connectivity index (χ2n) is 12.1. The van der Waals surface area contributed by atoms with Crippen molar-refractivity contribution in [3.05, 3.63) is 63.4 Å². The van der Waals surface area contributed by atoms with Crippen molar-refractivity contribution in [2.45, 2.75) is 75.6 Å². The van der Waals surface area contributed by atoms with Crippen LogP contribution < -0.4 is 21.7 Å². The van der Waals surface area contributed by atoms with Crippen LogP contribution in [0.15, 0.2) is 36.4 Å². The summed E-state index contributed by atoms with van der Waals surface area (Å²) in [4.78, 5) is 39.6. The van der Waals surface area contributed by atoms with Gasteiger partial charge < -0.3 is 26.4 Å². The molecule has 2 heterocycles. The number of hydrogen-bond acceptors (Lipinski definition) is 6. The monoisotopic (exact) mass is 590 g/mol. The van der Waals surface area contributed by atoms with Crippen LogP contribution in [-0.2, 0) is 24.5 Å². The highest BCUT2D eigenvalue weighted by Gasteiger charge is 2.66. The van der Waals surface area contributed by atoms with Crippen molar-refractivity contribution in [3.8, 4) is 0 Å². The minimum Gasteiger partial charge on any atom is -0.461 e. The molecule has 8 nitrogen and oxygen atoms in total. The Bertz CT molecular complexity index is 1360. The van der Waals surface area contributed by atoms with Crippen LogP contribution in [0, 0.1) is 11.2 Å². The molecule has 5 rings (SSSR count). The molecule has 5 N–H and O–H groups in total. The van der Waals surface area contributed by atoms with Gasteiger partial charge in [-0.25, -0.2) is 4.39 Å². The highest BCUT2D eigenvalue weighted by Crippen LogP contribution is 2.57. The van der Waals surface area contributed by atoms with Crippen LogP contribution in [0.2, 0.25) is 10.0 Å². The molecule has 4 atom stereocenters. The first-order chi connectivity index (χ1) is 18.8. The number of rotatable bonds is 6. The van der Waals surface area contributed by atoms with Crippen molar-refractivity contribution in [2.24, 2.45) is 11.1 Å². The fraction of sp³-hybridized carbons (Fsp3) is 0.483. The van der Waals surface area contributed by atoms with E-state index in [1.165, 1.54) is 6.07 Å². The maximum atomic E-state index is 15.8. The molecular weight excluding hydrogens is 558 g/mol. The van der Waals surface area contributed by atoms with Gasteiger partial charge in [0.1, 0.15) is 17.3 Å². The van der Waals surface area contributed by atoms with E-state index >= 15 is 4.39 Å². The van der Waals surface area contributed by atoms with Gasteiger partial charge in [-0.3, -0.25) is 14.4 Å². The number of ether oxygens (including phenoxy) is 1. The molecule has 1 spiro atoms. The Morgan fingerprint density at radius 1 is 1.20 bits per heavy atom. The number of nitrogens with one attached hydrogen (secondary N) is 3. The van der Waals surface area contributed by atoms with Gasteiger partial charge in [-0.2, -0.15) is 0 Å². The van der Waals surface area contributed by atoms with Crippen molar-refractivity contribution in [2.75, 3.05) is 11.9 Å². The predicted octanol–water partition coefficient (Wildman–Crippen LogP) is 4.03. The van der Waals surface area contributed by atoms with Crippen LogP contribution in [0.5, 0.6) is 0 Å². The molecule has 11 heteroatoms. The average Bonchev–Trinajstić information content (AvgIpc) is 3.33. The van der Waals surface area contributed by atoms with Crippen LogP contribution in [0.4, 0.5) is 10.1 Å². The summed E-state index contributed by atoms with van der Waals surface area (Å²) < 4.78 is 21.0. The van der Waals surface area contributed by atoms with E-state index < -0.39 is 35.2 Å². The molecular formula is C29H33Cl2FN4O4. The number of halogens is 3. The first-order valence-electron chi connectivity index (χ1n) is 13.4. The van der Waals surface area contributed by atoms with Gasteiger partial charge in [0.15, 0.2) is 0 Å². The molecule has 214 valence electrons. The van der Waals surface area contributed by atoms with Gasteiger partial charge in [0.25, 0.3) is 0 Å². The number of nitrogens with two attached hydrogens (primary N) is 1. The molecule has 0 aromatic heterocycles. The molecule has 1 saturated heterocycles. The van der Waals surface area contributed by atoms with E-state index in [1.807, 2.05) is 0 Å². The molecule has 2 amide bonds. The van der Waals surface area contributed by atoms with E-state index in [1.54, 1.807) is 30.3 Å². The summed E-state index contributed by atoms with van der Waals surface area (Å²) in [5.41, 5.74) is 5.14. The summed E-state index contributed by atoms with van der Waals surface area (Å²) in [6, 6.07) is 8.09. The number of hydrogen-bond donors (Lipinski definition) is 4. The van der Waals surface area contributed by atoms with Gasteiger partial charge >= 0.3 is 5.97 Å². The van der Waals surface area contributed by atoms with Crippen LogP contribution in [0.3, 0.4) is 0 Å². The van der Waals surface area contributed by atoms with E-state index in [2.05, 4.69) is 36.7 Å². The third-order valence-corrected chi connectivity index (χ3v) is 8.65. The van der Waals surface area contributed by atoms with Gasteiger partial charge in [0.2, 0.25) is 11.8 Å². The van der Waals surface area contributed by atoms with E-state index in [9.17, 15) is 14.4 Å². The molecule has 1 aliphatic carbocycles. The summed E-state index contributed by atoms with van der Waals surface area (Å²) in [7, 11) is 0. The average molecular weight is 592 g/mol. The molecule has 0 radical (unpaired) electrons. The zero-order chi connectivity index (χ0) is 29.0. The van der Waals surface area contributed by atoms with Gasteiger partial charge in [0, 0.05) is 41.6 Å². The number of carbonyl (C=O) groups is 3. The van der Waals surface area contributed by atoms with Gasteiger partial charge in [-0.1, -0.05) is 62.2 Å². The van der Waals surface area contributed by atoms with Gasteiger partial charge in [-0.15, -0.1) is 0 Å². The highest BCUT2D eigenvalue weighted by molar-refractivity contribution is 6.31. The Balaban J connectivity index is 1.58. The Kier molecular flexibility index (Phi) is 7.63. The summed E-state index contributed by atoms with van der Waals surface area (Å²) >= 11 is 12.5. The Labute approximate surface area is 242 Å². The van der Waals surface area contributed by atoms with E-state index in [-0.39, 0.29) is 46.5 Å². The van der Waals surface area contributed by atoms with Crippen molar-refractivity contribution in [1.82, 2.24) is 10.6 Å². The standard InChI is InChI=1S/C29H33Cl2FN4O4/c1-28(2,3)12-21-29(18-8-7-14(30)9-20(18)35-27(29)39)23(17-5-4-6-19(31)24(17)32)25(36-21)26(38)34-15-10-16(11-15)40-22(37)13-33/h4-9,15-16,21,23,25,36H,10-13,33H2,1-3H3,(H,34,38)(H,35,39)/t15-,16+,21-,23+,25-,29+/m1/s1. The largest absolute Gasteiger partial charge is 0.461 e. The first kappa shape index (κ1) is 28.8. The first-order valence-corrected chi connectivity index (χ1v) is 14.1. The van der Waals surface area contributed by atoms with E-state index in [0.717, 1.165) is 0 Å². The minimum absolute atomic E-state index is 0.0932. The van der Waals surface area contributed by atoms with Gasteiger partial charge in [0.05, 0.1) is 17.6 Å². The van der Waals surface area contributed by atoms with Crippen molar-refractivity contribution >= 4 is 46.7 Å². The lowest BCUT2D eigenvalue weighted by molar-refractivity contribution is -0.152. The number of amides is 2. The summed E-state index contributed by atoms with van der Waals surface area (Å²) in [6.45, 7) is 5.95. The minimum atomic E-state index is -1.32. The molecule has 0 bridgehead atoms. The lowest BCUT2D eigenvalue weighted by Gasteiger charge is -2.38. The van der Waals surface area contributed by atoms with Crippen molar-refractivity contribution in [3.63, 3.8) is 0 Å². The highest BCUT2D eigenvalue weighted by atomic mass is 35.5. The van der Waals surface area contributed by atoms with Crippen LogP contribution >= 0.6 is 23.2 Å². The Morgan fingerprint density at radius 3 is 2.60 bits per heavy atom. The Morgan fingerprint density at radius 2 is 1.93 bits per heavy atom. The van der Waals surface area contributed by atoms with E-state index in [4.69, 9.17) is 33.7 Å². The molecule has 2 aliphatic heterocycles. The molecule has 3 aliphatic rings. The van der Waals surface area contributed by atoms with Gasteiger partial charge in [-0.05, 0) is 41.2 Å². The normalized spacial score (nSPS) is 29.1. The molecule has 2 aromatic rings. The molecule has 2 aromatic carbocycles. The quantitative estimate of drug-likeness (QED) is 0.377. The van der Waals surface area contributed by atoms with Crippen LogP contribution in [0.25, 0.3) is 0 Å². The Hall–Kier alpha value is -2.72. The summed E-state index contributed by atoms with van der Waals surface area (Å²) in [5, 5.41) is 9.79. The fourth-order valence-corrected chi connectivity index (χ4v) is 6.81. The topological polar surface area (TPSA) is 123 Å². The smallest absolute Gasteiger partial charge is 0.319 e. The van der Waals surface area contributed by atoms with Crippen LogP contribution in [-0.4, -0.2) is 48.6 Å². The zero-order valence-corrected chi connectivity index (χ0v) is 24.0. The van der Waals surface area contributed by atoms with Crippen molar-refractivity contribution < 1.29 is 23.5 Å². The second-order valence-corrected chi connectivity index (χ2v) is 12.9. The zero-order valence-electron chi connectivity index (χ0n) is 22.5. The van der Waals surface area contributed by atoms with Crippen LogP contribution in [0.1, 0.15) is 57.1 Å². The van der Waals surface area contributed by atoms with E-state index in [0.29, 0.717) is 35.5 Å². The molecule has 2 fully saturated rings. The number of benzene rings is 2. The molecule has 0 unspecified atom stereocenters. The fourth-order valence-electron chi connectivity index (χ4n) is 6.46. The second kappa shape index (κ2) is 10.6. The summed E-state index contributed by atoms with van der Waals surface area (Å²) in [5.74, 6) is -2.79. The number of fused-ring (bicyclic) bond motifs is 2. The lowest BCUT2D eigenvalue weighted by atomic mass is 9.62. The molecule has 1 saturated carbocycles. The van der Waals surface area contributed by atoms with Crippen molar-refractivity contribution in [1.29, 1.82) is 0 Å². The summed E-state index contributed by atoms with van der Waals surface area (Å²) in [6.07, 6.45) is 1.08. The third-order valence-electron chi connectivity index (χ3n) is 8.13. The maximum Gasteiger partial charge on any atom is 0.319 e. The SMILES string of the molecule is CC(C)(C)C[C@H]1N[C@@H](C(=O)N[C@H]2C[C@@H](OC(=O)CN)C2)[C@H](c2cccc(Cl)c2F)[C@@]12C(=O)Nc1cc(Cl)ccc12. The number of anilines is 1. The maximum absolute atomic E-state index is 15.8. The predicted molar refractivity (Wildman–Crippen MR) is 151 cm³/mol. The number of carbonyl (C=O) groups excluding carboxylic acids is 3. The molecule has 40 heavy (non-hydrogen) atoms.